The molecule has 108 valence electrons. The van der Waals surface area contributed by atoms with E-state index in [-0.39, 0.29) is 0 Å². The summed E-state index contributed by atoms with van der Waals surface area (Å²) in [5.41, 5.74) is 5.56. The first kappa shape index (κ1) is 15.2. The van der Waals surface area contributed by atoms with Gasteiger partial charge in [-0.05, 0) is 25.3 Å². The quantitative estimate of drug-likeness (QED) is 0.871. The van der Waals surface area contributed by atoms with Gasteiger partial charge in [0.2, 0.25) is 5.89 Å². The van der Waals surface area contributed by atoms with Crippen LogP contribution in [0.15, 0.2) is 4.52 Å². The molecule has 19 heavy (non-hydrogen) atoms. The number of nitrogens with two attached hydrogens (primary N) is 1. The van der Waals surface area contributed by atoms with Gasteiger partial charge < -0.3 is 10.3 Å². The molecule has 6 heteroatoms. The first-order valence-corrected chi connectivity index (χ1v) is 9.06. The third-order valence-electron chi connectivity index (χ3n) is 3.44. The molecule has 4 nitrogen and oxygen atoms in total. The first-order chi connectivity index (χ1) is 9.20. The van der Waals surface area contributed by atoms with Crippen molar-refractivity contribution in [3.8, 4) is 0 Å². The van der Waals surface area contributed by atoms with Gasteiger partial charge in [-0.15, -0.1) is 11.8 Å². The largest absolute Gasteiger partial charge is 0.339 e. The van der Waals surface area contributed by atoms with E-state index in [0.29, 0.717) is 16.4 Å². The Morgan fingerprint density at radius 1 is 1.37 bits per heavy atom. The molecule has 2 heterocycles. The summed E-state index contributed by atoms with van der Waals surface area (Å²) in [7, 11) is 0. The Kier molecular flexibility index (Phi) is 6.04. The van der Waals surface area contributed by atoms with E-state index in [1.807, 2.05) is 23.5 Å². The Labute approximate surface area is 123 Å². The van der Waals surface area contributed by atoms with Crippen LogP contribution >= 0.6 is 23.5 Å². The molecule has 1 aliphatic rings. The highest BCUT2D eigenvalue weighted by Gasteiger charge is 2.28. The minimum Gasteiger partial charge on any atom is -0.339 e. The molecule has 0 aliphatic carbocycles. The lowest BCUT2D eigenvalue weighted by Gasteiger charge is -2.24. The molecule has 1 saturated heterocycles. The Hall–Kier alpha value is -0.200. The van der Waals surface area contributed by atoms with Crippen LogP contribution in [0.1, 0.15) is 43.7 Å². The topological polar surface area (TPSA) is 64.9 Å². The number of aromatic nitrogens is 2. The number of hydrogen-bond donors (Lipinski definition) is 1. The molecule has 3 atom stereocenters. The van der Waals surface area contributed by atoms with Gasteiger partial charge in [0.15, 0.2) is 5.82 Å². The molecule has 2 N–H and O–H groups in total. The summed E-state index contributed by atoms with van der Waals surface area (Å²) in [6.45, 7) is 5.23. The van der Waals surface area contributed by atoms with Crippen LogP contribution in [0.2, 0.25) is 0 Å². The molecule has 0 aromatic carbocycles. The maximum atomic E-state index is 5.56. The second-order valence-corrected chi connectivity index (χ2v) is 7.87. The zero-order chi connectivity index (χ0) is 13.7. The third kappa shape index (κ3) is 4.39. The summed E-state index contributed by atoms with van der Waals surface area (Å²) in [5.74, 6) is 4.69. The number of rotatable bonds is 6. The monoisotopic (exact) mass is 301 g/mol. The average Bonchev–Trinajstić information content (AvgIpc) is 2.86. The predicted molar refractivity (Wildman–Crippen MR) is 82.6 cm³/mol. The smallest absolute Gasteiger partial charge is 0.226 e. The zero-order valence-electron chi connectivity index (χ0n) is 11.7. The highest BCUT2D eigenvalue weighted by Crippen LogP contribution is 2.41. The Balaban J connectivity index is 1.87. The third-order valence-corrected chi connectivity index (χ3v) is 6.52. The highest BCUT2D eigenvalue weighted by atomic mass is 32.2. The van der Waals surface area contributed by atoms with E-state index in [2.05, 4.69) is 24.0 Å². The normalized spacial score (nSPS) is 25.4. The molecule has 0 spiro atoms. The summed E-state index contributed by atoms with van der Waals surface area (Å²) in [4.78, 5) is 4.57. The molecular formula is C13H23N3OS2. The molecule has 0 amide bonds. The van der Waals surface area contributed by atoms with Crippen LogP contribution in [0, 0.1) is 5.92 Å². The van der Waals surface area contributed by atoms with Gasteiger partial charge in [0, 0.05) is 23.2 Å². The average molecular weight is 301 g/mol. The van der Waals surface area contributed by atoms with Crippen LogP contribution in [0.3, 0.4) is 0 Å². The van der Waals surface area contributed by atoms with Crippen molar-refractivity contribution in [1.29, 1.82) is 0 Å². The van der Waals surface area contributed by atoms with E-state index < -0.39 is 0 Å². The molecule has 1 aliphatic heterocycles. The fourth-order valence-electron chi connectivity index (χ4n) is 2.20. The summed E-state index contributed by atoms with van der Waals surface area (Å²) >= 11 is 3.95. The second-order valence-electron chi connectivity index (χ2n) is 5.13. The molecule has 1 aromatic rings. The lowest BCUT2D eigenvalue weighted by atomic mass is 10.0. The SMILES string of the molecule is CC(CCN)CCc1nc(C2SCCSC2C)no1. The van der Waals surface area contributed by atoms with Gasteiger partial charge in [-0.25, -0.2) is 0 Å². The van der Waals surface area contributed by atoms with Gasteiger partial charge in [-0.3, -0.25) is 0 Å². The number of thioether (sulfide) groups is 2. The second kappa shape index (κ2) is 7.55. The number of hydrogen-bond acceptors (Lipinski definition) is 6. The van der Waals surface area contributed by atoms with Gasteiger partial charge >= 0.3 is 0 Å². The Morgan fingerprint density at radius 2 is 2.16 bits per heavy atom. The summed E-state index contributed by atoms with van der Waals surface area (Å²) in [5, 5.41) is 5.13. The Morgan fingerprint density at radius 3 is 2.89 bits per heavy atom. The van der Waals surface area contributed by atoms with Gasteiger partial charge in [0.05, 0.1) is 5.25 Å². The van der Waals surface area contributed by atoms with E-state index in [4.69, 9.17) is 10.3 Å². The van der Waals surface area contributed by atoms with Crippen molar-refractivity contribution >= 4 is 23.5 Å². The van der Waals surface area contributed by atoms with Crippen LogP contribution in [0.4, 0.5) is 0 Å². The van der Waals surface area contributed by atoms with Crippen molar-refractivity contribution in [2.24, 2.45) is 11.7 Å². The van der Waals surface area contributed by atoms with Crippen LogP contribution in [0.5, 0.6) is 0 Å². The lowest BCUT2D eigenvalue weighted by Crippen LogP contribution is -2.16. The van der Waals surface area contributed by atoms with E-state index in [9.17, 15) is 0 Å². The molecular weight excluding hydrogens is 278 g/mol. The van der Waals surface area contributed by atoms with Crippen LogP contribution in [-0.2, 0) is 6.42 Å². The first-order valence-electron chi connectivity index (χ1n) is 6.96. The van der Waals surface area contributed by atoms with Crippen LogP contribution in [-0.4, -0.2) is 33.4 Å². The fourth-order valence-corrected chi connectivity index (χ4v) is 4.88. The van der Waals surface area contributed by atoms with Gasteiger partial charge in [0.25, 0.3) is 0 Å². The van der Waals surface area contributed by atoms with Crippen molar-refractivity contribution in [1.82, 2.24) is 10.1 Å². The maximum Gasteiger partial charge on any atom is 0.226 e. The van der Waals surface area contributed by atoms with Crippen LogP contribution < -0.4 is 5.73 Å². The Bertz CT molecular complexity index is 386. The molecule has 0 radical (unpaired) electrons. The van der Waals surface area contributed by atoms with E-state index in [0.717, 1.165) is 37.5 Å². The van der Waals surface area contributed by atoms with Crippen molar-refractivity contribution in [2.45, 2.75) is 43.6 Å². The van der Waals surface area contributed by atoms with Gasteiger partial charge in [0.1, 0.15) is 0 Å². The van der Waals surface area contributed by atoms with E-state index >= 15 is 0 Å². The lowest BCUT2D eigenvalue weighted by molar-refractivity contribution is 0.358. The van der Waals surface area contributed by atoms with Gasteiger partial charge in [-0.1, -0.05) is 19.0 Å². The molecule has 1 fully saturated rings. The predicted octanol–water partition coefficient (Wildman–Crippen LogP) is 2.90. The van der Waals surface area contributed by atoms with Crippen LogP contribution in [0.25, 0.3) is 0 Å². The molecule has 2 rings (SSSR count). The highest BCUT2D eigenvalue weighted by molar-refractivity contribution is 8.06. The summed E-state index contributed by atoms with van der Waals surface area (Å²) < 4.78 is 5.38. The molecule has 0 saturated carbocycles. The zero-order valence-corrected chi connectivity index (χ0v) is 13.3. The number of aryl methyl sites for hydroxylation is 1. The van der Waals surface area contributed by atoms with E-state index in [1.54, 1.807) is 0 Å². The minimum atomic E-state index is 0.387. The molecule has 0 bridgehead atoms. The minimum absolute atomic E-state index is 0.387. The molecule has 3 unspecified atom stereocenters. The fraction of sp³-hybridized carbons (Fsp3) is 0.846. The standard InChI is InChI=1S/C13H23N3OS2/c1-9(5-6-14)3-4-11-15-13(16-17-11)12-10(2)18-7-8-19-12/h9-10,12H,3-8,14H2,1-2H3. The van der Waals surface area contributed by atoms with Crippen molar-refractivity contribution in [3.05, 3.63) is 11.7 Å². The van der Waals surface area contributed by atoms with Gasteiger partial charge in [-0.2, -0.15) is 16.7 Å². The number of nitrogens with zero attached hydrogens (tertiary/aromatic N) is 2. The van der Waals surface area contributed by atoms with Crippen molar-refractivity contribution < 1.29 is 4.52 Å². The summed E-state index contributed by atoms with van der Waals surface area (Å²) in [6, 6.07) is 0. The van der Waals surface area contributed by atoms with Crippen molar-refractivity contribution in [2.75, 3.05) is 18.1 Å². The summed E-state index contributed by atoms with van der Waals surface area (Å²) in [6.07, 6.45) is 3.00. The van der Waals surface area contributed by atoms with E-state index in [1.165, 1.54) is 11.5 Å². The van der Waals surface area contributed by atoms with Crippen molar-refractivity contribution in [3.63, 3.8) is 0 Å². The maximum absolute atomic E-state index is 5.56. The molecule has 1 aromatic heterocycles.